The van der Waals surface area contributed by atoms with E-state index in [4.69, 9.17) is 10.5 Å². The van der Waals surface area contributed by atoms with Crippen LogP contribution in [0.25, 0.3) is 0 Å². The highest BCUT2D eigenvalue weighted by molar-refractivity contribution is 7.07. The molecule has 1 heterocycles. The van der Waals surface area contributed by atoms with Crippen LogP contribution in [0.4, 0.5) is 5.69 Å². The molecule has 0 saturated carbocycles. The molecule has 5 nitrogen and oxygen atoms in total. The maximum atomic E-state index is 12.3. The number of methoxy groups -OCH3 is 1. The Morgan fingerprint density at radius 3 is 2.89 bits per heavy atom. The van der Waals surface area contributed by atoms with Gasteiger partial charge in [0.05, 0.1) is 24.9 Å². The van der Waals surface area contributed by atoms with Crippen molar-refractivity contribution in [2.75, 3.05) is 19.9 Å². The molecule has 0 spiro atoms. The fourth-order valence-corrected chi connectivity index (χ4v) is 2.26. The van der Waals surface area contributed by atoms with E-state index < -0.39 is 0 Å². The molecule has 6 heteroatoms. The molecular formula is C13H15N3O2S. The zero-order valence-corrected chi connectivity index (χ0v) is 11.6. The standard InChI is InChI=1S/C13H15N3O2S/c1-16(6-11-7-19-8-15-11)13(17)9-3-10(14)5-12(4-9)18-2/h3-5,7-8H,6,14H2,1-2H3. The van der Waals surface area contributed by atoms with Crippen LogP contribution in [0, 0.1) is 0 Å². The van der Waals surface area contributed by atoms with Gasteiger partial charge in [0, 0.05) is 29.7 Å². The molecule has 0 saturated heterocycles. The number of aromatic nitrogens is 1. The molecule has 1 aromatic carbocycles. The third-order valence-electron chi connectivity index (χ3n) is 2.64. The second-order valence-corrected chi connectivity index (χ2v) is 4.85. The Morgan fingerprint density at radius 1 is 1.47 bits per heavy atom. The lowest BCUT2D eigenvalue weighted by atomic mass is 10.1. The summed E-state index contributed by atoms with van der Waals surface area (Å²) in [6.45, 7) is 0.472. The van der Waals surface area contributed by atoms with Crippen LogP contribution in [0.15, 0.2) is 29.1 Å². The van der Waals surface area contributed by atoms with Crippen LogP contribution >= 0.6 is 11.3 Å². The van der Waals surface area contributed by atoms with Gasteiger partial charge in [-0.1, -0.05) is 0 Å². The molecule has 0 fully saturated rings. The molecule has 0 aliphatic rings. The van der Waals surface area contributed by atoms with Crippen LogP contribution in [0.3, 0.4) is 0 Å². The van der Waals surface area contributed by atoms with Crippen LogP contribution in [-0.4, -0.2) is 29.9 Å². The summed E-state index contributed by atoms with van der Waals surface area (Å²) >= 11 is 1.51. The van der Waals surface area contributed by atoms with Gasteiger partial charge in [0.1, 0.15) is 5.75 Å². The molecule has 0 bridgehead atoms. The van der Waals surface area contributed by atoms with Crippen LogP contribution in [0.5, 0.6) is 5.75 Å². The first-order valence-electron chi connectivity index (χ1n) is 5.67. The average molecular weight is 277 g/mol. The molecule has 19 heavy (non-hydrogen) atoms. The number of benzene rings is 1. The van der Waals surface area contributed by atoms with Crippen molar-refractivity contribution in [1.29, 1.82) is 0 Å². The summed E-state index contributed by atoms with van der Waals surface area (Å²) in [5, 5.41) is 1.92. The predicted octanol–water partition coefficient (Wildman–Crippen LogP) is 2.01. The van der Waals surface area contributed by atoms with Gasteiger partial charge < -0.3 is 15.4 Å². The second kappa shape index (κ2) is 5.71. The second-order valence-electron chi connectivity index (χ2n) is 4.14. The lowest BCUT2D eigenvalue weighted by Crippen LogP contribution is -2.26. The average Bonchev–Trinajstić information content (AvgIpc) is 2.89. The monoisotopic (exact) mass is 277 g/mol. The normalized spacial score (nSPS) is 10.2. The van der Waals surface area contributed by atoms with Gasteiger partial charge in [-0.3, -0.25) is 4.79 Å². The third kappa shape index (κ3) is 3.23. The number of amides is 1. The number of anilines is 1. The van der Waals surface area contributed by atoms with Gasteiger partial charge in [-0.05, 0) is 12.1 Å². The van der Waals surface area contributed by atoms with E-state index in [1.54, 1.807) is 42.8 Å². The Bertz CT molecular complexity index is 569. The number of nitrogens with zero attached hydrogens (tertiary/aromatic N) is 2. The van der Waals surface area contributed by atoms with E-state index in [1.165, 1.54) is 11.3 Å². The Balaban J connectivity index is 2.16. The van der Waals surface area contributed by atoms with Crippen molar-refractivity contribution in [3.63, 3.8) is 0 Å². The van der Waals surface area contributed by atoms with E-state index in [0.717, 1.165) is 5.69 Å². The topological polar surface area (TPSA) is 68.5 Å². The SMILES string of the molecule is COc1cc(N)cc(C(=O)N(C)Cc2cscn2)c1. The molecule has 2 rings (SSSR count). The van der Waals surface area contributed by atoms with Gasteiger partial charge in [0.15, 0.2) is 0 Å². The number of hydrogen-bond acceptors (Lipinski definition) is 5. The first-order chi connectivity index (χ1) is 9.10. The van der Waals surface area contributed by atoms with Crippen molar-refractivity contribution in [2.24, 2.45) is 0 Å². The number of thiazole rings is 1. The molecule has 0 aliphatic heterocycles. The number of rotatable bonds is 4. The highest BCUT2D eigenvalue weighted by Gasteiger charge is 2.14. The van der Waals surface area contributed by atoms with Crippen molar-refractivity contribution in [1.82, 2.24) is 9.88 Å². The van der Waals surface area contributed by atoms with Crippen LogP contribution in [0.2, 0.25) is 0 Å². The van der Waals surface area contributed by atoms with E-state index in [9.17, 15) is 4.79 Å². The number of nitrogen functional groups attached to an aromatic ring is 1. The zero-order valence-electron chi connectivity index (χ0n) is 10.8. The number of nitrogens with two attached hydrogens (primary N) is 1. The van der Waals surface area contributed by atoms with Gasteiger partial charge in [-0.15, -0.1) is 11.3 Å². The summed E-state index contributed by atoms with van der Waals surface area (Å²) in [5.41, 5.74) is 9.38. The number of carbonyl (C=O) groups is 1. The minimum Gasteiger partial charge on any atom is -0.497 e. The number of hydrogen-bond donors (Lipinski definition) is 1. The highest BCUT2D eigenvalue weighted by atomic mass is 32.1. The predicted molar refractivity (Wildman–Crippen MR) is 75.3 cm³/mol. The Kier molecular flexibility index (Phi) is 4.01. The van der Waals surface area contributed by atoms with Crippen molar-refractivity contribution in [3.05, 3.63) is 40.3 Å². The van der Waals surface area contributed by atoms with Crippen molar-refractivity contribution in [3.8, 4) is 5.75 Å². The van der Waals surface area contributed by atoms with E-state index in [-0.39, 0.29) is 5.91 Å². The van der Waals surface area contributed by atoms with Crippen molar-refractivity contribution >= 4 is 22.9 Å². The van der Waals surface area contributed by atoms with Gasteiger partial charge in [-0.2, -0.15) is 0 Å². The van der Waals surface area contributed by atoms with E-state index >= 15 is 0 Å². The number of carbonyl (C=O) groups excluding carboxylic acids is 1. The fraction of sp³-hybridized carbons (Fsp3) is 0.231. The molecule has 0 aliphatic carbocycles. The maximum absolute atomic E-state index is 12.3. The van der Waals surface area contributed by atoms with Crippen molar-refractivity contribution in [2.45, 2.75) is 6.54 Å². The Morgan fingerprint density at radius 2 is 2.26 bits per heavy atom. The molecule has 2 aromatic rings. The lowest BCUT2D eigenvalue weighted by Gasteiger charge is -2.16. The first kappa shape index (κ1) is 13.4. The van der Waals surface area contributed by atoms with Gasteiger partial charge in [0.2, 0.25) is 0 Å². The Labute approximate surface area is 115 Å². The molecule has 1 aromatic heterocycles. The highest BCUT2D eigenvalue weighted by Crippen LogP contribution is 2.20. The number of ether oxygens (including phenoxy) is 1. The summed E-state index contributed by atoms with van der Waals surface area (Å²) in [7, 11) is 3.28. The summed E-state index contributed by atoms with van der Waals surface area (Å²) in [6.07, 6.45) is 0. The molecular weight excluding hydrogens is 262 g/mol. The molecule has 0 atom stereocenters. The van der Waals surface area contributed by atoms with Crippen molar-refractivity contribution < 1.29 is 9.53 Å². The molecule has 0 unspecified atom stereocenters. The van der Waals surface area contributed by atoms with Crippen LogP contribution < -0.4 is 10.5 Å². The Hall–Kier alpha value is -2.08. The molecule has 2 N–H and O–H groups in total. The zero-order chi connectivity index (χ0) is 13.8. The summed E-state index contributed by atoms with van der Waals surface area (Å²) in [6, 6.07) is 5.00. The third-order valence-corrected chi connectivity index (χ3v) is 3.28. The summed E-state index contributed by atoms with van der Waals surface area (Å²) in [5.74, 6) is 0.462. The largest absolute Gasteiger partial charge is 0.497 e. The molecule has 1 amide bonds. The molecule has 0 radical (unpaired) electrons. The van der Waals surface area contributed by atoms with Gasteiger partial charge >= 0.3 is 0 Å². The maximum Gasteiger partial charge on any atom is 0.254 e. The summed E-state index contributed by atoms with van der Waals surface area (Å²) in [4.78, 5) is 18.0. The first-order valence-corrected chi connectivity index (χ1v) is 6.61. The molecule has 100 valence electrons. The minimum absolute atomic E-state index is 0.112. The van der Waals surface area contributed by atoms with Gasteiger partial charge in [-0.25, -0.2) is 4.98 Å². The summed E-state index contributed by atoms with van der Waals surface area (Å²) < 4.78 is 5.11. The lowest BCUT2D eigenvalue weighted by molar-refractivity contribution is 0.0783. The van der Waals surface area contributed by atoms with E-state index in [1.807, 2.05) is 5.38 Å². The van der Waals surface area contributed by atoms with Crippen LogP contribution in [0.1, 0.15) is 16.1 Å². The smallest absolute Gasteiger partial charge is 0.254 e. The fourth-order valence-electron chi connectivity index (χ4n) is 1.71. The van der Waals surface area contributed by atoms with Gasteiger partial charge in [0.25, 0.3) is 5.91 Å². The van der Waals surface area contributed by atoms with Crippen LogP contribution in [-0.2, 0) is 6.54 Å². The van der Waals surface area contributed by atoms with E-state index in [0.29, 0.717) is 23.5 Å². The van der Waals surface area contributed by atoms with E-state index in [2.05, 4.69) is 4.98 Å². The minimum atomic E-state index is -0.112. The quantitative estimate of drug-likeness (QED) is 0.868.